The lowest BCUT2D eigenvalue weighted by Crippen LogP contribution is -2.43. The van der Waals surface area contributed by atoms with Gasteiger partial charge in [-0.05, 0) is 47.2 Å². The summed E-state index contributed by atoms with van der Waals surface area (Å²) in [6.45, 7) is 1.97. The van der Waals surface area contributed by atoms with Gasteiger partial charge in [0.15, 0.2) is 0 Å². The summed E-state index contributed by atoms with van der Waals surface area (Å²) in [5.74, 6) is -1.03. The lowest BCUT2D eigenvalue weighted by Gasteiger charge is -2.15. The molecule has 1 atom stereocenters. The van der Waals surface area contributed by atoms with E-state index in [4.69, 9.17) is 16.7 Å². The molecule has 0 saturated heterocycles. The van der Waals surface area contributed by atoms with E-state index in [1.807, 2.05) is 29.5 Å². The number of amides is 2. The maximum atomic E-state index is 11.8. The van der Waals surface area contributed by atoms with Crippen LogP contribution in [-0.2, 0) is 4.79 Å². The van der Waals surface area contributed by atoms with Crippen LogP contribution in [0.4, 0.5) is 10.5 Å². The molecule has 0 bridgehead atoms. The Hall–Kier alpha value is -1.02. The van der Waals surface area contributed by atoms with E-state index in [1.54, 1.807) is 18.2 Å². The van der Waals surface area contributed by atoms with Crippen molar-refractivity contribution >= 4 is 51.9 Å². The molecule has 1 aromatic carbocycles. The summed E-state index contributed by atoms with van der Waals surface area (Å²) in [7, 11) is 0. The summed E-state index contributed by atoms with van der Waals surface area (Å²) in [6.07, 6.45) is 2.04. The highest BCUT2D eigenvalue weighted by atomic mass is 127. The molecule has 0 fully saturated rings. The zero-order valence-electron chi connectivity index (χ0n) is 11.0. The number of rotatable bonds is 6. The molecule has 3 N–H and O–H groups in total. The van der Waals surface area contributed by atoms with Crippen LogP contribution in [0.15, 0.2) is 18.2 Å². The smallest absolute Gasteiger partial charge is 0.326 e. The van der Waals surface area contributed by atoms with Gasteiger partial charge in [0.2, 0.25) is 0 Å². The van der Waals surface area contributed by atoms with E-state index in [2.05, 4.69) is 10.6 Å². The summed E-state index contributed by atoms with van der Waals surface area (Å²) < 4.78 is 0.783. The quantitative estimate of drug-likeness (QED) is 0.626. The number of hydrogen-bond donors (Lipinski definition) is 3. The Balaban J connectivity index is 2.63. The van der Waals surface area contributed by atoms with E-state index in [0.29, 0.717) is 17.1 Å². The van der Waals surface area contributed by atoms with Crippen molar-refractivity contribution in [1.29, 1.82) is 0 Å². The molecule has 0 aromatic heterocycles. The Morgan fingerprint density at radius 2 is 2.15 bits per heavy atom. The monoisotopic (exact) mass is 410 g/mol. The number of halogens is 2. The molecule has 0 aliphatic heterocycles. The topological polar surface area (TPSA) is 78.4 Å². The van der Waals surface area contributed by atoms with Gasteiger partial charge in [0.05, 0.1) is 5.69 Å². The van der Waals surface area contributed by atoms with Crippen LogP contribution in [-0.4, -0.2) is 23.1 Å². The number of anilines is 1. The van der Waals surface area contributed by atoms with E-state index < -0.39 is 18.0 Å². The van der Waals surface area contributed by atoms with Gasteiger partial charge in [0.25, 0.3) is 0 Å². The van der Waals surface area contributed by atoms with Crippen molar-refractivity contribution in [3.05, 3.63) is 26.8 Å². The normalized spacial score (nSPS) is 11.8. The predicted octanol–water partition coefficient (Wildman–Crippen LogP) is 3.71. The van der Waals surface area contributed by atoms with Gasteiger partial charge in [0, 0.05) is 8.59 Å². The minimum absolute atomic E-state index is 0.414. The lowest BCUT2D eigenvalue weighted by molar-refractivity contribution is -0.139. The van der Waals surface area contributed by atoms with Gasteiger partial charge in [-0.3, -0.25) is 0 Å². The van der Waals surface area contributed by atoms with Crippen LogP contribution in [0.5, 0.6) is 0 Å². The molecule has 0 radical (unpaired) electrons. The van der Waals surface area contributed by atoms with E-state index in [-0.39, 0.29) is 0 Å². The number of nitrogens with one attached hydrogen (secondary N) is 2. The van der Waals surface area contributed by atoms with Crippen molar-refractivity contribution in [3.8, 4) is 0 Å². The molecule has 0 unspecified atom stereocenters. The van der Waals surface area contributed by atoms with E-state index in [1.165, 1.54) is 0 Å². The molecule has 2 amide bonds. The van der Waals surface area contributed by atoms with Crippen molar-refractivity contribution in [1.82, 2.24) is 5.32 Å². The molecule has 0 saturated carbocycles. The molecule has 0 aliphatic carbocycles. The maximum Gasteiger partial charge on any atom is 0.326 e. The highest BCUT2D eigenvalue weighted by Crippen LogP contribution is 2.22. The van der Waals surface area contributed by atoms with Gasteiger partial charge >= 0.3 is 12.0 Å². The zero-order valence-corrected chi connectivity index (χ0v) is 13.9. The lowest BCUT2D eigenvalue weighted by atomic mass is 10.1. The van der Waals surface area contributed by atoms with Crippen molar-refractivity contribution in [2.75, 3.05) is 5.32 Å². The SMILES string of the molecule is CCCC[C@H](NC(=O)Nc1ccc(Cl)cc1I)C(=O)O. The highest BCUT2D eigenvalue weighted by Gasteiger charge is 2.19. The molecular formula is C13H16ClIN2O3. The average Bonchev–Trinajstić information content (AvgIpc) is 2.37. The van der Waals surface area contributed by atoms with Crippen LogP contribution in [0.3, 0.4) is 0 Å². The Kier molecular flexibility index (Phi) is 7.08. The summed E-state index contributed by atoms with van der Waals surface area (Å²) in [4.78, 5) is 22.8. The number of urea groups is 1. The first-order chi connectivity index (χ1) is 9.43. The Morgan fingerprint density at radius 1 is 1.45 bits per heavy atom. The van der Waals surface area contributed by atoms with Crippen LogP contribution >= 0.6 is 34.2 Å². The second kappa shape index (κ2) is 8.31. The fourth-order valence-corrected chi connectivity index (χ4v) is 2.58. The van der Waals surface area contributed by atoms with Gasteiger partial charge in [0.1, 0.15) is 6.04 Å². The number of carboxylic acid groups (broad SMARTS) is 1. The summed E-state index contributed by atoms with van der Waals surface area (Å²) in [5, 5.41) is 14.7. The Bertz CT molecular complexity index is 497. The highest BCUT2D eigenvalue weighted by molar-refractivity contribution is 14.1. The van der Waals surface area contributed by atoms with Gasteiger partial charge in [-0.2, -0.15) is 0 Å². The van der Waals surface area contributed by atoms with Crippen LogP contribution in [0.2, 0.25) is 5.02 Å². The van der Waals surface area contributed by atoms with Gasteiger partial charge in [-0.1, -0.05) is 31.4 Å². The standard InChI is InChI=1S/C13H16ClIN2O3/c1-2-3-4-11(12(18)19)17-13(20)16-10-6-5-8(14)7-9(10)15/h5-7,11H,2-4H2,1H3,(H,18,19)(H2,16,17,20)/t11-/m0/s1. The molecule has 0 heterocycles. The third-order valence-corrected chi connectivity index (χ3v) is 3.76. The predicted molar refractivity (Wildman–Crippen MR) is 87.3 cm³/mol. The largest absolute Gasteiger partial charge is 0.480 e. The number of aliphatic carboxylic acids is 1. The van der Waals surface area contributed by atoms with Crippen molar-refractivity contribution in [3.63, 3.8) is 0 Å². The first-order valence-corrected chi connectivity index (χ1v) is 7.65. The first kappa shape index (κ1) is 17.0. The Labute approximate surface area is 136 Å². The van der Waals surface area contributed by atoms with E-state index >= 15 is 0 Å². The number of carboxylic acids is 1. The number of benzene rings is 1. The molecule has 110 valence electrons. The maximum absolute atomic E-state index is 11.8. The van der Waals surface area contributed by atoms with Crippen LogP contribution in [0.25, 0.3) is 0 Å². The number of hydrogen-bond acceptors (Lipinski definition) is 2. The van der Waals surface area contributed by atoms with Crippen molar-refractivity contribution in [2.45, 2.75) is 32.2 Å². The minimum Gasteiger partial charge on any atom is -0.480 e. The van der Waals surface area contributed by atoms with Gasteiger partial charge < -0.3 is 15.7 Å². The van der Waals surface area contributed by atoms with Crippen molar-refractivity contribution < 1.29 is 14.7 Å². The summed E-state index contributed by atoms with van der Waals surface area (Å²) in [6, 6.07) is 3.63. The number of carbonyl (C=O) groups excluding carboxylic acids is 1. The van der Waals surface area contributed by atoms with E-state index in [9.17, 15) is 9.59 Å². The molecule has 1 rings (SSSR count). The fraction of sp³-hybridized carbons (Fsp3) is 0.385. The second-order valence-electron chi connectivity index (χ2n) is 4.26. The summed E-state index contributed by atoms with van der Waals surface area (Å²) in [5.41, 5.74) is 0.590. The van der Waals surface area contributed by atoms with Gasteiger partial charge in [-0.15, -0.1) is 0 Å². The van der Waals surface area contributed by atoms with E-state index in [0.717, 1.165) is 16.4 Å². The first-order valence-electron chi connectivity index (χ1n) is 6.19. The molecule has 1 aromatic rings. The molecule has 0 aliphatic rings. The third kappa shape index (κ3) is 5.54. The molecule has 0 spiro atoms. The number of unbranched alkanes of at least 4 members (excludes halogenated alkanes) is 1. The Morgan fingerprint density at radius 3 is 2.70 bits per heavy atom. The van der Waals surface area contributed by atoms with Crippen LogP contribution < -0.4 is 10.6 Å². The fourth-order valence-electron chi connectivity index (χ4n) is 1.57. The third-order valence-electron chi connectivity index (χ3n) is 2.63. The second-order valence-corrected chi connectivity index (χ2v) is 5.85. The molecular weight excluding hydrogens is 395 g/mol. The summed E-state index contributed by atoms with van der Waals surface area (Å²) >= 11 is 7.87. The average molecular weight is 411 g/mol. The zero-order chi connectivity index (χ0) is 15.1. The van der Waals surface area contributed by atoms with Crippen LogP contribution in [0, 0.1) is 3.57 Å². The molecule has 5 nitrogen and oxygen atoms in total. The van der Waals surface area contributed by atoms with Crippen LogP contribution in [0.1, 0.15) is 26.2 Å². The van der Waals surface area contributed by atoms with Gasteiger partial charge in [-0.25, -0.2) is 9.59 Å². The number of carbonyl (C=O) groups is 2. The minimum atomic E-state index is -1.03. The molecule has 7 heteroatoms. The molecule has 20 heavy (non-hydrogen) atoms. The van der Waals surface area contributed by atoms with Crippen molar-refractivity contribution in [2.24, 2.45) is 0 Å².